The topological polar surface area (TPSA) is 116 Å². The first-order valence-corrected chi connectivity index (χ1v) is 12.8. The summed E-state index contributed by atoms with van der Waals surface area (Å²) in [6, 6.07) is 17.5. The van der Waals surface area contributed by atoms with Gasteiger partial charge in [0.05, 0.1) is 25.3 Å². The summed E-state index contributed by atoms with van der Waals surface area (Å²) in [5.74, 6) is 0.921. The highest BCUT2D eigenvalue weighted by atomic mass is 16.5. The molecule has 1 amide bonds. The van der Waals surface area contributed by atoms with Gasteiger partial charge in [-0.05, 0) is 43.3 Å². The van der Waals surface area contributed by atoms with Crippen molar-refractivity contribution >= 4 is 5.91 Å². The molecule has 0 spiro atoms. The molecule has 38 heavy (non-hydrogen) atoms. The molecule has 2 saturated heterocycles. The lowest BCUT2D eigenvalue weighted by atomic mass is 9.89. The summed E-state index contributed by atoms with van der Waals surface area (Å²) in [4.78, 5) is 21.7. The summed E-state index contributed by atoms with van der Waals surface area (Å²) in [6.07, 6.45) is 0. The number of nitrogens with two attached hydrogens (primary N) is 1. The quantitative estimate of drug-likeness (QED) is 0.418. The molecule has 2 aliphatic heterocycles. The molecule has 0 bridgehead atoms. The Morgan fingerprint density at radius 1 is 1.05 bits per heavy atom. The van der Waals surface area contributed by atoms with Crippen LogP contribution in [-0.2, 0) is 16.8 Å². The van der Waals surface area contributed by atoms with Gasteiger partial charge in [0.25, 0.3) is 11.8 Å². The molecular formula is C28H31N7O3. The lowest BCUT2D eigenvalue weighted by molar-refractivity contribution is -0.0569. The van der Waals surface area contributed by atoms with Crippen LogP contribution in [0.25, 0.3) is 23.0 Å². The van der Waals surface area contributed by atoms with Crippen LogP contribution in [0.5, 0.6) is 0 Å². The summed E-state index contributed by atoms with van der Waals surface area (Å²) in [7, 11) is 2.08. The second-order valence-corrected chi connectivity index (χ2v) is 10.3. The number of carbonyl (C=O) groups is 1. The molecule has 2 N–H and O–H groups in total. The van der Waals surface area contributed by atoms with Gasteiger partial charge in [-0.3, -0.25) is 9.48 Å². The number of amides is 1. The van der Waals surface area contributed by atoms with E-state index in [0.717, 1.165) is 48.6 Å². The van der Waals surface area contributed by atoms with Gasteiger partial charge in [0.2, 0.25) is 5.82 Å². The molecule has 0 aliphatic carbocycles. The lowest BCUT2D eigenvalue weighted by Crippen LogP contribution is -2.54. The van der Waals surface area contributed by atoms with E-state index in [4.69, 9.17) is 20.1 Å². The number of rotatable bonds is 6. The van der Waals surface area contributed by atoms with Crippen LogP contribution in [0.3, 0.4) is 0 Å². The summed E-state index contributed by atoms with van der Waals surface area (Å²) < 4.78 is 12.7. The Balaban J connectivity index is 1.16. The van der Waals surface area contributed by atoms with E-state index in [0.29, 0.717) is 42.7 Å². The molecule has 6 rings (SSSR count). The fraction of sp³-hybridized carbons (Fsp3) is 0.357. The maximum Gasteiger partial charge on any atom is 0.278 e. The van der Waals surface area contributed by atoms with Gasteiger partial charge >= 0.3 is 0 Å². The van der Waals surface area contributed by atoms with Gasteiger partial charge in [0.1, 0.15) is 0 Å². The van der Waals surface area contributed by atoms with Gasteiger partial charge in [-0.15, -0.1) is 0 Å². The number of carbonyl (C=O) groups excluding carboxylic acids is 1. The molecule has 2 aromatic carbocycles. The molecule has 196 valence electrons. The number of likely N-dealkylation sites (N-methyl/N-ethyl adjacent to an activating group) is 1. The third-order valence-corrected chi connectivity index (χ3v) is 7.36. The molecule has 2 aromatic heterocycles. The van der Waals surface area contributed by atoms with Crippen molar-refractivity contribution in [2.45, 2.75) is 19.0 Å². The summed E-state index contributed by atoms with van der Waals surface area (Å²) in [6.45, 7) is 6.86. The Hall–Kier alpha value is -3.86. The Morgan fingerprint density at radius 3 is 2.53 bits per heavy atom. The minimum Gasteiger partial charge on any atom is -0.377 e. The van der Waals surface area contributed by atoms with Gasteiger partial charge in [0, 0.05) is 43.0 Å². The number of hydrogen-bond acceptors (Lipinski definition) is 8. The fourth-order valence-electron chi connectivity index (χ4n) is 4.83. The molecule has 0 radical (unpaired) electrons. The van der Waals surface area contributed by atoms with Crippen molar-refractivity contribution in [2.75, 3.05) is 46.4 Å². The van der Waals surface area contributed by atoms with Crippen molar-refractivity contribution < 1.29 is 14.1 Å². The van der Waals surface area contributed by atoms with E-state index in [1.54, 1.807) is 0 Å². The van der Waals surface area contributed by atoms with Crippen molar-refractivity contribution in [3.63, 3.8) is 0 Å². The van der Waals surface area contributed by atoms with Gasteiger partial charge in [-0.2, -0.15) is 10.1 Å². The standard InChI is InChI=1S/C28H31N7O3/c1-19-14-24(26-30-25(32-38-26)21-6-8-23(9-7-21)28(29)17-37-18-28)31-35(19)16-20-4-3-5-22(15-20)27(36)34-12-10-33(2)11-13-34/h3-9,14-15H,10-13,16-18,29H2,1-2H3. The van der Waals surface area contributed by atoms with E-state index in [-0.39, 0.29) is 5.91 Å². The zero-order valence-electron chi connectivity index (χ0n) is 21.6. The number of aromatic nitrogens is 4. The third-order valence-electron chi connectivity index (χ3n) is 7.36. The van der Waals surface area contributed by atoms with Crippen molar-refractivity contribution in [3.05, 3.63) is 77.0 Å². The zero-order valence-corrected chi connectivity index (χ0v) is 21.6. The first-order chi connectivity index (χ1) is 18.4. The van der Waals surface area contributed by atoms with E-state index in [1.165, 1.54) is 0 Å². The molecule has 2 fully saturated rings. The first kappa shape index (κ1) is 24.5. The van der Waals surface area contributed by atoms with E-state index in [2.05, 4.69) is 22.1 Å². The monoisotopic (exact) mass is 513 g/mol. The number of benzene rings is 2. The number of nitrogens with zero attached hydrogens (tertiary/aromatic N) is 6. The fourth-order valence-corrected chi connectivity index (χ4v) is 4.83. The van der Waals surface area contributed by atoms with Gasteiger partial charge in [0.15, 0.2) is 5.69 Å². The maximum absolute atomic E-state index is 13.0. The molecule has 4 heterocycles. The average molecular weight is 514 g/mol. The molecule has 4 aromatic rings. The third kappa shape index (κ3) is 4.73. The Labute approximate surface area is 221 Å². The van der Waals surface area contributed by atoms with Crippen LogP contribution in [0.4, 0.5) is 0 Å². The van der Waals surface area contributed by atoms with Crippen LogP contribution in [-0.4, -0.2) is 82.1 Å². The minimum absolute atomic E-state index is 0.0758. The highest BCUT2D eigenvalue weighted by molar-refractivity contribution is 5.94. The molecule has 10 nitrogen and oxygen atoms in total. The summed E-state index contributed by atoms with van der Waals surface area (Å²) in [5, 5.41) is 8.86. The average Bonchev–Trinajstić information content (AvgIpc) is 3.55. The van der Waals surface area contributed by atoms with Gasteiger partial charge < -0.3 is 24.8 Å². The molecule has 0 saturated carbocycles. The van der Waals surface area contributed by atoms with Crippen LogP contribution in [0, 0.1) is 6.92 Å². The highest BCUT2D eigenvalue weighted by Gasteiger charge is 2.35. The predicted molar refractivity (Wildman–Crippen MR) is 141 cm³/mol. The maximum atomic E-state index is 13.0. The lowest BCUT2D eigenvalue weighted by Gasteiger charge is -2.38. The second kappa shape index (κ2) is 9.79. The van der Waals surface area contributed by atoms with E-state index >= 15 is 0 Å². The van der Waals surface area contributed by atoms with Crippen molar-refractivity contribution in [2.24, 2.45) is 5.73 Å². The number of hydrogen-bond donors (Lipinski definition) is 1. The van der Waals surface area contributed by atoms with Crippen molar-refractivity contribution in [1.82, 2.24) is 29.7 Å². The minimum atomic E-state index is -0.414. The zero-order chi connectivity index (χ0) is 26.3. The van der Waals surface area contributed by atoms with Crippen LogP contribution < -0.4 is 5.73 Å². The number of aryl methyl sites for hydroxylation is 1. The first-order valence-electron chi connectivity index (χ1n) is 12.8. The van der Waals surface area contributed by atoms with Crippen LogP contribution in [0.1, 0.15) is 27.2 Å². The van der Waals surface area contributed by atoms with Crippen LogP contribution >= 0.6 is 0 Å². The van der Waals surface area contributed by atoms with E-state index < -0.39 is 5.54 Å². The van der Waals surface area contributed by atoms with Crippen molar-refractivity contribution in [1.29, 1.82) is 0 Å². The summed E-state index contributed by atoms with van der Waals surface area (Å²) >= 11 is 0. The molecule has 0 atom stereocenters. The van der Waals surface area contributed by atoms with E-state index in [1.807, 2.05) is 71.1 Å². The largest absolute Gasteiger partial charge is 0.377 e. The normalized spacial score (nSPS) is 17.4. The second-order valence-electron chi connectivity index (χ2n) is 10.3. The van der Waals surface area contributed by atoms with Crippen LogP contribution in [0.2, 0.25) is 0 Å². The SMILES string of the molecule is Cc1cc(-c2nc(-c3ccc(C4(N)COC4)cc3)no2)nn1Cc1cccc(C(=O)N2CCN(C)CC2)c1. The smallest absolute Gasteiger partial charge is 0.278 e. The highest BCUT2D eigenvalue weighted by Crippen LogP contribution is 2.29. The predicted octanol–water partition coefficient (Wildman–Crippen LogP) is 2.53. The Bertz CT molecular complexity index is 1450. The van der Waals surface area contributed by atoms with Gasteiger partial charge in [-0.1, -0.05) is 41.6 Å². The molecular weight excluding hydrogens is 482 g/mol. The Kier molecular flexibility index (Phi) is 6.30. The molecule has 10 heteroatoms. The number of piperazine rings is 1. The van der Waals surface area contributed by atoms with Gasteiger partial charge in [-0.25, -0.2) is 0 Å². The number of ether oxygens (including phenoxy) is 1. The van der Waals surface area contributed by atoms with Crippen LogP contribution in [0.15, 0.2) is 59.1 Å². The van der Waals surface area contributed by atoms with E-state index in [9.17, 15) is 4.79 Å². The molecule has 0 unspecified atom stereocenters. The molecule has 2 aliphatic rings. The Morgan fingerprint density at radius 2 is 1.82 bits per heavy atom. The summed E-state index contributed by atoms with van der Waals surface area (Å²) in [5.41, 5.74) is 11.0. The van der Waals surface area contributed by atoms with Crippen molar-refractivity contribution in [3.8, 4) is 23.0 Å².